The van der Waals surface area contributed by atoms with Gasteiger partial charge in [0.2, 0.25) is 0 Å². The van der Waals surface area contributed by atoms with Crippen LogP contribution in [0.2, 0.25) is 0 Å². The second-order valence-corrected chi connectivity index (χ2v) is 9.87. The standard InChI is InChI=1S/C26H34N6O3/c1-26(2,3)35-25(34)28-10-9-27-24(33)22-16-19-6-5-18(15-21(19)30-22)20-7-8-23(29-17-20)32-13-11-31(4)12-14-32/h5-8,15-17,30H,9-14H2,1-4H3,(H,27,33)(H,28,34). The number of nitrogens with one attached hydrogen (secondary N) is 3. The van der Waals surface area contributed by atoms with Crippen molar-refractivity contribution in [3.05, 3.63) is 48.3 Å². The lowest BCUT2D eigenvalue weighted by molar-refractivity contribution is 0.0526. The third-order valence-corrected chi connectivity index (χ3v) is 5.85. The number of fused-ring (bicyclic) bond motifs is 1. The molecule has 0 spiro atoms. The molecule has 1 saturated heterocycles. The lowest BCUT2D eigenvalue weighted by Crippen LogP contribution is -2.44. The molecule has 2 aromatic heterocycles. The van der Waals surface area contributed by atoms with Crippen molar-refractivity contribution in [3.63, 3.8) is 0 Å². The lowest BCUT2D eigenvalue weighted by atomic mass is 10.1. The first-order chi connectivity index (χ1) is 16.7. The third-order valence-electron chi connectivity index (χ3n) is 5.85. The Kier molecular flexibility index (Phi) is 7.25. The Morgan fingerprint density at radius 2 is 1.71 bits per heavy atom. The summed E-state index contributed by atoms with van der Waals surface area (Å²) in [5.41, 5.74) is 2.85. The van der Waals surface area contributed by atoms with Crippen LogP contribution in [0.4, 0.5) is 10.6 Å². The number of anilines is 1. The highest BCUT2D eigenvalue weighted by atomic mass is 16.6. The fourth-order valence-corrected chi connectivity index (χ4v) is 3.96. The number of pyridine rings is 1. The number of aromatic nitrogens is 2. The predicted molar refractivity (Wildman–Crippen MR) is 138 cm³/mol. The van der Waals surface area contributed by atoms with E-state index in [2.05, 4.69) is 49.6 Å². The van der Waals surface area contributed by atoms with E-state index in [1.807, 2.05) is 30.5 Å². The first kappa shape index (κ1) is 24.5. The second kappa shape index (κ2) is 10.4. The molecule has 4 rings (SSSR count). The lowest BCUT2D eigenvalue weighted by Gasteiger charge is -2.33. The summed E-state index contributed by atoms with van der Waals surface area (Å²) >= 11 is 0. The normalized spacial score (nSPS) is 14.7. The number of alkyl carbamates (subject to hydrolysis) is 1. The van der Waals surface area contributed by atoms with Gasteiger partial charge in [0.1, 0.15) is 17.1 Å². The number of nitrogens with zero attached hydrogens (tertiary/aromatic N) is 3. The zero-order valence-electron chi connectivity index (χ0n) is 20.9. The van der Waals surface area contributed by atoms with Crippen molar-refractivity contribution in [2.24, 2.45) is 0 Å². The summed E-state index contributed by atoms with van der Waals surface area (Å²) in [6.07, 6.45) is 1.40. The van der Waals surface area contributed by atoms with Gasteiger partial charge in [0.25, 0.3) is 5.91 Å². The van der Waals surface area contributed by atoms with Crippen LogP contribution in [-0.4, -0.2) is 78.8 Å². The predicted octanol–water partition coefficient (Wildman–Crippen LogP) is 3.24. The molecule has 1 aliphatic rings. The van der Waals surface area contributed by atoms with Gasteiger partial charge in [-0.2, -0.15) is 0 Å². The van der Waals surface area contributed by atoms with Crippen LogP contribution in [0.15, 0.2) is 42.6 Å². The minimum Gasteiger partial charge on any atom is -0.444 e. The van der Waals surface area contributed by atoms with E-state index in [9.17, 15) is 9.59 Å². The number of carbonyl (C=O) groups excluding carboxylic acids is 2. The van der Waals surface area contributed by atoms with E-state index < -0.39 is 11.7 Å². The third kappa shape index (κ3) is 6.51. The first-order valence-corrected chi connectivity index (χ1v) is 12.0. The number of H-pyrrole nitrogens is 1. The van der Waals surface area contributed by atoms with Gasteiger partial charge in [-0.25, -0.2) is 9.78 Å². The SMILES string of the molecule is CN1CCN(c2ccc(-c3ccc4cc(C(=O)NCCNC(=O)OC(C)(C)C)[nH]c4c3)cn2)CC1. The monoisotopic (exact) mass is 478 g/mol. The summed E-state index contributed by atoms with van der Waals surface area (Å²) in [7, 11) is 2.14. The fourth-order valence-electron chi connectivity index (χ4n) is 3.96. The highest BCUT2D eigenvalue weighted by Gasteiger charge is 2.17. The van der Waals surface area contributed by atoms with Crippen molar-refractivity contribution in [2.75, 3.05) is 51.2 Å². The van der Waals surface area contributed by atoms with E-state index in [-0.39, 0.29) is 12.5 Å². The van der Waals surface area contributed by atoms with Crippen LogP contribution < -0.4 is 15.5 Å². The molecule has 0 atom stereocenters. The Balaban J connectivity index is 1.35. The average Bonchev–Trinajstić information content (AvgIpc) is 3.25. The van der Waals surface area contributed by atoms with Gasteiger partial charge in [0, 0.05) is 61.9 Å². The summed E-state index contributed by atoms with van der Waals surface area (Å²) in [6.45, 7) is 10.0. The number of benzene rings is 1. The molecular formula is C26H34N6O3. The van der Waals surface area contributed by atoms with Gasteiger partial charge in [0.15, 0.2) is 0 Å². The minimum atomic E-state index is -0.556. The van der Waals surface area contributed by atoms with Crippen LogP contribution >= 0.6 is 0 Å². The molecule has 0 bridgehead atoms. The smallest absolute Gasteiger partial charge is 0.407 e. The average molecular weight is 479 g/mol. The molecule has 0 saturated carbocycles. The quantitative estimate of drug-likeness (QED) is 0.470. The van der Waals surface area contributed by atoms with Gasteiger partial charge in [-0.3, -0.25) is 4.79 Å². The Bertz CT molecular complexity index is 1170. The fraction of sp³-hybridized carbons (Fsp3) is 0.423. The molecule has 9 nitrogen and oxygen atoms in total. The number of hydrogen-bond donors (Lipinski definition) is 3. The molecule has 3 heterocycles. The zero-order valence-corrected chi connectivity index (χ0v) is 20.9. The van der Waals surface area contributed by atoms with E-state index in [0.29, 0.717) is 12.2 Å². The number of hydrogen-bond acceptors (Lipinski definition) is 6. The Morgan fingerprint density at radius 3 is 2.40 bits per heavy atom. The summed E-state index contributed by atoms with van der Waals surface area (Å²) in [5, 5.41) is 6.39. The summed E-state index contributed by atoms with van der Waals surface area (Å²) in [5.74, 6) is 0.773. The Morgan fingerprint density at radius 1 is 1.00 bits per heavy atom. The topological polar surface area (TPSA) is 103 Å². The van der Waals surface area contributed by atoms with Crippen molar-refractivity contribution in [1.29, 1.82) is 0 Å². The Labute approximate surface area is 205 Å². The number of amides is 2. The largest absolute Gasteiger partial charge is 0.444 e. The summed E-state index contributed by atoms with van der Waals surface area (Å²) < 4.78 is 5.18. The molecule has 35 heavy (non-hydrogen) atoms. The van der Waals surface area contributed by atoms with E-state index in [1.54, 1.807) is 20.8 Å². The number of carbonyl (C=O) groups is 2. The van der Waals surface area contributed by atoms with Crippen LogP contribution in [0.5, 0.6) is 0 Å². The van der Waals surface area contributed by atoms with Gasteiger partial charge in [-0.15, -0.1) is 0 Å². The minimum absolute atomic E-state index is 0.230. The maximum Gasteiger partial charge on any atom is 0.407 e. The molecule has 9 heteroatoms. The highest BCUT2D eigenvalue weighted by Crippen LogP contribution is 2.26. The molecule has 186 valence electrons. The van der Waals surface area contributed by atoms with E-state index >= 15 is 0 Å². The van der Waals surface area contributed by atoms with Gasteiger partial charge >= 0.3 is 6.09 Å². The highest BCUT2D eigenvalue weighted by molar-refractivity contribution is 5.98. The molecule has 3 aromatic rings. The van der Waals surface area contributed by atoms with Crippen LogP contribution in [0.3, 0.4) is 0 Å². The number of aromatic amines is 1. The van der Waals surface area contributed by atoms with Crippen molar-refractivity contribution in [3.8, 4) is 11.1 Å². The van der Waals surface area contributed by atoms with Crippen LogP contribution in [0, 0.1) is 0 Å². The molecule has 1 fully saturated rings. The molecule has 1 aliphatic heterocycles. The van der Waals surface area contributed by atoms with Crippen molar-refractivity contribution >= 4 is 28.7 Å². The molecule has 0 aliphatic carbocycles. The molecule has 3 N–H and O–H groups in total. The van der Waals surface area contributed by atoms with Crippen LogP contribution in [0.1, 0.15) is 31.3 Å². The number of rotatable bonds is 6. The second-order valence-electron chi connectivity index (χ2n) is 9.87. The number of piperazine rings is 1. The van der Waals surface area contributed by atoms with Gasteiger partial charge in [0.05, 0.1) is 0 Å². The number of ether oxygens (including phenoxy) is 1. The zero-order chi connectivity index (χ0) is 25.0. The maximum atomic E-state index is 12.5. The summed E-state index contributed by atoms with van der Waals surface area (Å²) in [6, 6.07) is 12.1. The van der Waals surface area contributed by atoms with Crippen molar-refractivity contribution in [2.45, 2.75) is 26.4 Å². The van der Waals surface area contributed by atoms with E-state index in [1.165, 1.54) is 0 Å². The van der Waals surface area contributed by atoms with Gasteiger partial charge < -0.3 is 30.2 Å². The van der Waals surface area contributed by atoms with Gasteiger partial charge in [-0.1, -0.05) is 12.1 Å². The summed E-state index contributed by atoms with van der Waals surface area (Å²) in [4.78, 5) is 36.8. The van der Waals surface area contributed by atoms with E-state index in [4.69, 9.17) is 4.74 Å². The van der Waals surface area contributed by atoms with Crippen molar-refractivity contribution < 1.29 is 14.3 Å². The van der Waals surface area contributed by atoms with Crippen LogP contribution in [-0.2, 0) is 4.74 Å². The number of likely N-dealkylation sites (N-methyl/N-ethyl adjacent to an activating group) is 1. The van der Waals surface area contributed by atoms with Gasteiger partial charge in [-0.05, 0) is 57.6 Å². The first-order valence-electron chi connectivity index (χ1n) is 12.0. The molecular weight excluding hydrogens is 444 g/mol. The molecule has 2 amide bonds. The van der Waals surface area contributed by atoms with E-state index in [0.717, 1.165) is 54.0 Å². The molecule has 0 unspecified atom stereocenters. The maximum absolute atomic E-state index is 12.5. The molecule has 1 aromatic carbocycles. The Hall–Kier alpha value is -3.59. The molecule has 0 radical (unpaired) electrons. The van der Waals surface area contributed by atoms with Crippen molar-refractivity contribution in [1.82, 2.24) is 25.5 Å². The van der Waals surface area contributed by atoms with Crippen LogP contribution in [0.25, 0.3) is 22.0 Å².